The van der Waals surface area contributed by atoms with Crippen LogP contribution in [0.25, 0.3) is 0 Å². The molecule has 0 radical (unpaired) electrons. The van der Waals surface area contributed by atoms with Gasteiger partial charge in [0.1, 0.15) is 0 Å². The van der Waals surface area contributed by atoms with Gasteiger partial charge in [-0.3, -0.25) is 0 Å². The monoisotopic (exact) mass is 222 g/mol. The highest BCUT2D eigenvalue weighted by atomic mass is 79.9. The van der Waals surface area contributed by atoms with E-state index < -0.39 is 2.82 Å². The Morgan fingerprint density at radius 2 is 1.60 bits per heavy atom. The number of alkyl halides is 3. The molecule has 0 bridgehead atoms. The summed E-state index contributed by atoms with van der Waals surface area (Å²) in [7, 11) is 0. The molecule has 4 heteroatoms. The van der Waals surface area contributed by atoms with Gasteiger partial charge in [0.15, 0.2) is 0 Å². The maximum Gasteiger partial charge on any atom is 0.261 e. The molecule has 0 fully saturated rings. The Balaban J connectivity index is 3.02. The minimum absolute atomic E-state index is 1.68. The van der Waals surface area contributed by atoms with E-state index in [9.17, 15) is 4.39 Å². The molecule has 32 valence electrons. The van der Waals surface area contributed by atoms with E-state index in [0.717, 1.165) is 0 Å². The van der Waals surface area contributed by atoms with E-state index in [4.69, 9.17) is 0 Å². The minimum Gasteiger partial charge on any atom is -0.207 e. The van der Waals surface area contributed by atoms with Crippen molar-refractivity contribution in [2.45, 2.75) is 2.82 Å². The van der Waals surface area contributed by atoms with Crippen LogP contribution in [0.15, 0.2) is 0 Å². The largest absolute Gasteiger partial charge is 0.261 e. The number of thiol groups is 1. The molecule has 0 saturated carbocycles. The molecule has 0 aliphatic heterocycles. The number of hydrogen-bond donors (Lipinski definition) is 1. The van der Waals surface area contributed by atoms with Gasteiger partial charge in [-0.05, 0) is 31.9 Å². The third kappa shape index (κ3) is 35.8. The molecule has 0 aromatic carbocycles. The molecule has 0 rings (SSSR count). The van der Waals surface area contributed by atoms with Crippen LogP contribution in [0, 0.1) is 0 Å². The zero-order valence-electron chi connectivity index (χ0n) is 2.08. The van der Waals surface area contributed by atoms with E-state index in [-0.39, 0.29) is 0 Å². The highest BCUT2D eigenvalue weighted by Crippen LogP contribution is 2.30. The molecule has 0 aliphatic carbocycles. The van der Waals surface area contributed by atoms with E-state index in [1.807, 2.05) is 0 Å². The van der Waals surface area contributed by atoms with Crippen LogP contribution in [-0.4, -0.2) is 2.82 Å². The van der Waals surface area contributed by atoms with Crippen molar-refractivity contribution in [1.82, 2.24) is 0 Å². The Morgan fingerprint density at radius 1 is 1.60 bits per heavy atom. The van der Waals surface area contributed by atoms with Crippen molar-refractivity contribution >= 4 is 44.5 Å². The van der Waals surface area contributed by atoms with Crippen LogP contribution in [-0.2, 0) is 0 Å². The van der Waals surface area contributed by atoms with Crippen LogP contribution in [0.5, 0.6) is 0 Å². The SMILES string of the molecule is FC(S)(Br)Br. The lowest BCUT2D eigenvalue weighted by atomic mass is 11.8. The number of hydrogen-bond acceptors (Lipinski definition) is 1. The van der Waals surface area contributed by atoms with Crippen LogP contribution >= 0.6 is 44.5 Å². The number of halogens is 3. The summed E-state index contributed by atoms with van der Waals surface area (Å²) in [6, 6.07) is 0. The van der Waals surface area contributed by atoms with E-state index >= 15 is 0 Å². The highest BCUT2D eigenvalue weighted by molar-refractivity contribution is 9.27. The van der Waals surface area contributed by atoms with Gasteiger partial charge in [-0.25, -0.2) is 4.39 Å². The lowest BCUT2D eigenvalue weighted by Gasteiger charge is -1.92. The first-order valence-electron chi connectivity index (χ1n) is 0.791. The average Bonchev–Trinajstić information content (AvgIpc) is 0.722. The van der Waals surface area contributed by atoms with Gasteiger partial charge < -0.3 is 0 Å². The second kappa shape index (κ2) is 1.80. The molecule has 0 saturated heterocycles. The van der Waals surface area contributed by atoms with E-state index in [2.05, 4.69) is 44.5 Å². The summed E-state index contributed by atoms with van der Waals surface area (Å²) >= 11 is 8.27. The summed E-state index contributed by atoms with van der Waals surface area (Å²) in [6.45, 7) is 0. The third-order valence-electron chi connectivity index (χ3n) is 0. The van der Waals surface area contributed by atoms with Crippen LogP contribution in [0.2, 0.25) is 0 Å². The molecule has 0 aromatic rings. The van der Waals surface area contributed by atoms with Crippen molar-refractivity contribution in [2.75, 3.05) is 0 Å². The zero-order chi connectivity index (χ0) is 4.50. The van der Waals surface area contributed by atoms with Gasteiger partial charge in [-0.1, -0.05) is 0 Å². The molecular formula is CHBr2FS. The topological polar surface area (TPSA) is 0 Å². The fraction of sp³-hybridized carbons (Fsp3) is 1.00. The summed E-state index contributed by atoms with van der Waals surface area (Å²) in [6.07, 6.45) is 0. The summed E-state index contributed by atoms with van der Waals surface area (Å²) in [5.41, 5.74) is 0. The molecule has 0 aromatic heterocycles. The van der Waals surface area contributed by atoms with Crippen molar-refractivity contribution in [2.24, 2.45) is 0 Å². The van der Waals surface area contributed by atoms with Crippen molar-refractivity contribution in [1.29, 1.82) is 0 Å². The molecule has 0 amide bonds. The first-order valence-corrected chi connectivity index (χ1v) is 2.82. The Bertz CT molecular complexity index is 25.1. The maximum absolute atomic E-state index is 11.4. The van der Waals surface area contributed by atoms with Crippen molar-refractivity contribution in [3.8, 4) is 0 Å². The summed E-state index contributed by atoms with van der Waals surface area (Å²) in [5, 5.41) is 0. The van der Waals surface area contributed by atoms with Crippen LogP contribution in [0.4, 0.5) is 4.39 Å². The van der Waals surface area contributed by atoms with Gasteiger partial charge in [0, 0.05) is 0 Å². The zero-order valence-corrected chi connectivity index (χ0v) is 6.15. The molecule has 0 atom stereocenters. The molecule has 0 heterocycles. The van der Waals surface area contributed by atoms with Crippen molar-refractivity contribution < 1.29 is 4.39 Å². The first-order chi connectivity index (χ1) is 2.00. The molecule has 0 unspecified atom stereocenters. The minimum atomic E-state index is -1.68. The molecule has 0 spiro atoms. The van der Waals surface area contributed by atoms with Gasteiger partial charge in [0.2, 0.25) is 0 Å². The first kappa shape index (κ1) is 6.24. The molecule has 0 aliphatic rings. The second-order valence-corrected chi connectivity index (χ2v) is 5.56. The highest BCUT2D eigenvalue weighted by Gasteiger charge is 2.10. The van der Waals surface area contributed by atoms with Gasteiger partial charge in [-0.2, -0.15) is 0 Å². The standard InChI is InChI=1S/CHBr2FS/c2-1(3,4)5/h5H. The number of rotatable bonds is 0. The molecule has 0 N–H and O–H groups in total. The van der Waals surface area contributed by atoms with Crippen molar-refractivity contribution in [3.05, 3.63) is 0 Å². The fourth-order valence-electron chi connectivity index (χ4n) is 0. The lowest BCUT2D eigenvalue weighted by Crippen LogP contribution is -1.81. The second-order valence-electron chi connectivity index (χ2n) is 0.468. The smallest absolute Gasteiger partial charge is 0.207 e. The predicted molar refractivity (Wildman–Crippen MR) is 30.7 cm³/mol. The molecular weight excluding hydrogens is 223 g/mol. The van der Waals surface area contributed by atoms with Crippen molar-refractivity contribution in [3.63, 3.8) is 0 Å². The lowest BCUT2D eigenvalue weighted by molar-refractivity contribution is 0.552. The Kier molecular flexibility index (Phi) is 2.24. The summed E-state index contributed by atoms with van der Waals surface area (Å²) in [4.78, 5) is 0. The predicted octanol–water partition coefficient (Wildman–Crippen LogP) is 2.29. The quantitative estimate of drug-likeness (QED) is 0.473. The third-order valence-corrected chi connectivity index (χ3v) is 0. The fourth-order valence-corrected chi connectivity index (χ4v) is 0. The molecule has 5 heavy (non-hydrogen) atoms. The van der Waals surface area contributed by atoms with E-state index in [1.165, 1.54) is 0 Å². The van der Waals surface area contributed by atoms with Gasteiger partial charge in [0.25, 0.3) is 2.82 Å². The van der Waals surface area contributed by atoms with Gasteiger partial charge in [0.05, 0.1) is 0 Å². The van der Waals surface area contributed by atoms with Crippen LogP contribution < -0.4 is 0 Å². The average molecular weight is 224 g/mol. The molecule has 0 nitrogen and oxygen atoms in total. The Hall–Kier alpha value is 1.24. The summed E-state index contributed by atoms with van der Waals surface area (Å²) < 4.78 is 9.70. The normalized spacial score (nSPS) is 12.0. The Morgan fingerprint density at radius 3 is 1.60 bits per heavy atom. The van der Waals surface area contributed by atoms with E-state index in [1.54, 1.807) is 0 Å². The van der Waals surface area contributed by atoms with Gasteiger partial charge >= 0.3 is 0 Å². The summed E-state index contributed by atoms with van der Waals surface area (Å²) in [5.74, 6) is 0. The Labute approximate surface area is 51.8 Å². The van der Waals surface area contributed by atoms with Gasteiger partial charge in [-0.15, -0.1) is 12.6 Å². The van der Waals surface area contributed by atoms with Crippen LogP contribution in [0.1, 0.15) is 0 Å². The van der Waals surface area contributed by atoms with Crippen LogP contribution in [0.3, 0.4) is 0 Å². The van der Waals surface area contributed by atoms with E-state index in [0.29, 0.717) is 0 Å². The maximum atomic E-state index is 11.4.